The van der Waals surface area contributed by atoms with Gasteiger partial charge in [0.05, 0.1) is 10.2 Å². The van der Waals surface area contributed by atoms with Gasteiger partial charge in [-0.2, -0.15) is 0 Å². The molecule has 2 N–H and O–H groups in total. The second kappa shape index (κ2) is 5.95. The SMILES string of the molecule is Nc1nc(-c2ccc(Br)cc2)nc(-c2ccccc2)c1Br. The largest absolute Gasteiger partial charge is 0.383 e. The van der Waals surface area contributed by atoms with Crippen molar-refractivity contribution in [3.63, 3.8) is 0 Å². The first-order valence-corrected chi connectivity index (χ1v) is 7.88. The lowest BCUT2D eigenvalue weighted by atomic mass is 10.1. The molecule has 0 amide bonds. The van der Waals surface area contributed by atoms with Crippen LogP contribution in [0.25, 0.3) is 22.6 Å². The van der Waals surface area contributed by atoms with Crippen molar-refractivity contribution in [3.05, 3.63) is 63.5 Å². The number of hydrogen-bond acceptors (Lipinski definition) is 3. The molecule has 1 aromatic heterocycles. The Balaban J connectivity index is 2.16. The second-order valence-corrected chi connectivity index (χ2v) is 6.18. The van der Waals surface area contributed by atoms with Crippen LogP contribution in [0.15, 0.2) is 63.5 Å². The van der Waals surface area contributed by atoms with E-state index in [4.69, 9.17) is 5.73 Å². The molecule has 3 rings (SSSR count). The van der Waals surface area contributed by atoms with Crippen LogP contribution in [0, 0.1) is 0 Å². The maximum Gasteiger partial charge on any atom is 0.162 e. The highest BCUT2D eigenvalue weighted by atomic mass is 79.9. The van der Waals surface area contributed by atoms with Gasteiger partial charge in [0.2, 0.25) is 0 Å². The first-order chi connectivity index (χ1) is 10.1. The molecule has 3 nitrogen and oxygen atoms in total. The van der Waals surface area contributed by atoms with Gasteiger partial charge in [0.25, 0.3) is 0 Å². The van der Waals surface area contributed by atoms with Crippen molar-refractivity contribution in [2.24, 2.45) is 0 Å². The fourth-order valence-corrected chi connectivity index (χ4v) is 2.65. The van der Waals surface area contributed by atoms with Crippen LogP contribution in [-0.4, -0.2) is 9.97 Å². The molecule has 0 saturated heterocycles. The van der Waals surface area contributed by atoms with Crippen molar-refractivity contribution >= 4 is 37.7 Å². The number of anilines is 1. The van der Waals surface area contributed by atoms with Crippen LogP contribution in [0.3, 0.4) is 0 Å². The molecule has 0 fully saturated rings. The fraction of sp³-hybridized carbons (Fsp3) is 0. The quantitative estimate of drug-likeness (QED) is 0.659. The number of nitrogens with two attached hydrogens (primary N) is 1. The lowest BCUT2D eigenvalue weighted by Gasteiger charge is -2.09. The zero-order valence-corrected chi connectivity index (χ0v) is 14.1. The van der Waals surface area contributed by atoms with Crippen LogP contribution >= 0.6 is 31.9 Å². The molecule has 0 radical (unpaired) electrons. The number of nitrogen functional groups attached to an aromatic ring is 1. The van der Waals surface area contributed by atoms with Crippen LogP contribution in [0.1, 0.15) is 0 Å². The lowest BCUT2D eigenvalue weighted by Crippen LogP contribution is -2.00. The van der Waals surface area contributed by atoms with Crippen molar-refractivity contribution in [3.8, 4) is 22.6 Å². The lowest BCUT2D eigenvalue weighted by molar-refractivity contribution is 1.17. The van der Waals surface area contributed by atoms with Crippen LogP contribution in [0.5, 0.6) is 0 Å². The molecule has 5 heteroatoms. The van der Waals surface area contributed by atoms with Crippen LogP contribution in [-0.2, 0) is 0 Å². The summed E-state index contributed by atoms with van der Waals surface area (Å²) in [5.41, 5.74) is 8.73. The number of halogens is 2. The predicted octanol–water partition coefficient (Wildman–Crippen LogP) is 4.92. The summed E-state index contributed by atoms with van der Waals surface area (Å²) < 4.78 is 1.73. The van der Waals surface area contributed by atoms with E-state index in [0.717, 1.165) is 25.8 Å². The summed E-state index contributed by atoms with van der Waals surface area (Å²) in [7, 11) is 0. The normalized spacial score (nSPS) is 10.6. The van der Waals surface area contributed by atoms with Crippen LogP contribution in [0.4, 0.5) is 5.82 Å². The third kappa shape index (κ3) is 2.99. The number of nitrogens with zero attached hydrogens (tertiary/aromatic N) is 2. The summed E-state index contributed by atoms with van der Waals surface area (Å²) in [6.45, 7) is 0. The molecule has 0 aliphatic heterocycles. The second-order valence-electron chi connectivity index (χ2n) is 4.47. The van der Waals surface area contributed by atoms with Crippen molar-refractivity contribution in [2.75, 3.05) is 5.73 Å². The number of aromatic nitrogens is 2. The molecule has 2 aromatic carbocycles. The van der Waals surface area contributed by atoms with Crippen molar-refractivity contribution in [1.82, 2.24) is 9.97 Å². The Morgan fingerprint density at radius 2 is 1.43 bits per heavy atom. The molecule has 0 aliphatic carbocycles. The summed E-state index contributed by atoms with van der Waals surface area (Å²) in [6, 6.07) is 17.7. The van der Waals surface area contributed by atoms with E-state index in [9.17, 15) is 0 Å². The number of benzene rings is 2. The highest BCUT2D eigenvalue weighted by molar-refractivity contribution is 9.11. The van der Waals surface area contributed by atoms with Crippen molar-refractivity contribution < 1.29 is 0 Å². The third-order valence-electron chi connectivity index (χ3n) is 3.03. The van der Waals surface area contributed by atoms with Gasteiger partial charge in [0.1, 0.15) is 5.82 Å². The van der Waals surface area contributed by atoms with E-state index in [1.54, 1.807) is 0 Å². The zero-order valence-electron chi connectivity index (χ0n) is 10.9. The van der Waals surface area contributed by atoms with Gasteiger partial charge in [-0.15, -0.1) is 0 Å². The Bertz CT molecular complexity index is 772. The van der Waals surface area contributed by atoms with Crippen molar-refractivity contribution in [2.45, 2.75) is 0 Å². The zero-order chi connectivity index (χ0) is 14.8. The van der Waals surface area contributed by atoms with Gasteiger partial charge in [0, 0.05) is 15.6 Å². The summed E-state index contributed by atoms with van der Waals surface area (Å²) in [6.07, 6.45) is 0. The van der Waals surface area contributed by atoms with Gasteiger partial charge in [0.15, 0.2) is 5.82 Å². The van der Waals surface area contributed by atoms with Crippen molar-refractivity contribution in [1.29, 1.82) is 0 Å². The molecular weight excluding hydrogens is 394 g/mol. The molecule has 0 unspecified atom stereocenters. The van der Waals surface area contributed by atoms with Gasteiger partial charge >= 0.3 is 0 Å². The Morgan fingerprint density at radius 3 is 2.10 bits per heavy atom. The van der Waals surface area contributed by atoms with Crippen LogP contribution in [0.2, 0.25) is 0 Å². The van der Waals surface area contributed by atoms with Gasteiger partial charge in [-0.05, 0) is 28.1 Å². The first kappa shape index (κ1) is 14.2. The Labute approximate surface area is 139 Å². The highest BCUT2D eigenvalue weighted by Gasteiger charge is 2.13. The maximum atomic E-state index is 6.02. The fourth-order valence-electron chi connectivity index (χ4n) is 1.98. The minimum Gasteiger partial charge on any atom is -0.383 e. The van der Waals surface area contributed by atoms with E-state index < -0.39 is 0 Å². The van der Waals surface area contributed by atoms with E-state index in [-0.39, 0.29) is 0 Å². The summed E-state index contributed by atoms with van der Waals surface area (Å²) in [4.78, 5) is 9.01. The molecule has 21 heavy (non-hydrogen) atoms. The van der Waals surface area contributed by atoms with Gasteiger partial charge in [-0.1, -0.05) is 58.4 Å². The van der Waals surface area contributed by atoms with E-state index in [2.05, 4.69) is 41.8 Å². The molecule has 0 saturated carbocycles. The first-order valence-electron chi connectivity index (χ1n) is 6.29. The van der Waals surface area contributed by atoms with Gasteiger partial charge in [-0.3, -0.25) is 0 Å². The minimum atomic E-state index is 0.432. The third-order valence-corrected chi connectivity index (χ3v) is 4.34. The molecule has 1 heterocycles. The smallest absolute Gasteiger partial charge is 0.162 e. The average Bonchev–Trinajstić information content (AvgIpc) is 2.51. The van der Waals surface area contributed by atoms with Gasteiger partial charge in [-0.25, -0.2) is 9.97 Å². The van der Waals surface area contributed by atoms with E-state index in [0.29, 0.717) is 11.6 Å². The summed E-state index contributed by atoms with van der Waals surface area (Å²) in [5.74, 6) is 1.05. The average molecular weight is 405 g/mol. The molecule has 0 spiro atoms. The Kier molecular flexibility index (Phi) is 4.03. The molecule has 3 aromatic rings. The molecular formula is C16H11Br2N3. The van der Waals surface area contributed by atoms with Gasteiger partial charge < -0.3 is 5.73 Å². The minimum absolute atomic E-state index is 0.432. The highest BCUT2D eigenvalue weighted by Crippen LogP contribution is 2.32. The van der Waals surface area contributed by atoms with Crippen LogP contribution < -0.4 is 5.73 Å². The summed E-state index contributed by atoms with van der Waals surface area (Å²) in [5, 5.41) is 0. The topological polar surface area (TPSA) is 51.8 Å². The molecule has 104 valence electrons. The number of hydrogen-bond donors (Lipinski definition) is 1. The number of rotatable bonds is 2. The molecule has 0 atom stereocenters. The summed E-state index contributed by atoms with van der Waals surface area (Å²) >= 11 is 6.90. The monoisotopic (exact) mass is 403 g/mol. The predicted molar refractivity (Wildman–Crippen MR) is 92.7 cm³/mol. The van der Waals surface area contributed by atoms with E-state index >= 15 is 0 Å². The maximum absolute atomic E-state index is 6.02. The Morgan fingerprint density at radius 1 is 0.762 bits per heavy atom. The van der Waals surface area contributed by atoms with E-state index in [1.165, 1.54) is 0 Å². The van der Waals surface area contributed by atoms with E-state index in [1.807, 2.05) is 54.6 Å². The standard InChI is InChI=1S/C16H11Br2N3/c17-12-8-6-11(7-9-12)16-20-14(13(18)15(19)21-16)10-4-2-1-3-5-10/h1-9H,(H2,19,20,21). The Hall–Kier alpha value is -1.72. The molecule has 0 bridgehead atoms. The molecule has 0 aliphatic rings.